The number of benzene rings is 2. The van der Waals surface area contributed by atoms with Crippen molar-refractivity contribution >= 4 is 21.7 Å². The molecule has 2 aromatic carbocycles. The Hall–Kier alpha value is -2.16. The molecule has 0 saturated carbocycles. The Morgan fingerprint density at radius 3 is 2.40 bits per heavy atom. The topological polar surface area (TPSA) is 32.9 Å². The average Bonchev–Trinajstić information content (AvgIpc) is 2.39. The number of hydrogen-bond acceptors (Lipinski definition) is 1. The van der Waals surface area contributed by atoms with Gasteiger partial charge in [0.15, 0.2) is 0 Å². The number of aromatic nitrogens is 1. The summed E-state index contributed by atoms with van der Waals surface area (Å²) in [4.78, 5) is 14.0. The van der Waals surface area contributed by atoms with Crippen LogP contribution >= 0.6 is 0 Å². The lowest BCUT2D eigenvalue weighted by Crippen LogP contribution is -2.05. The average molecular weight is 273 g/mol. The van der Waals surface area contributed by atoms with E-state index in [4.69, 9.17) is 0 Å². The van der Waals surface area contributed by atoms with Gasteiger partial charge < -0.3 is 4.98 Å². The van der Waals surface area contributed by atoms with Crippen molar-refractivity contribution in [2.24, 2.45) is 0 Å². The van der Waals surface area contributed by atoms with Crippen LogP contribution in [0.3, 0.4) is 0 Å². The van der Waals surface area contributed by atoms with Gasteiger partial charge in [0.1, 0.15) is 5.82 Å². The first-order chi connectivity index (χ1) is 9.58. The van der Waals surface area contributed by atoms with Crippen molar-refractivity contribution in [3.63, 3.8) is 0 Å². The predicted molar refractivity (Wildman–Crippen MR) is 84.8 cm³/mol. The highest BCUT2D eigenvalue weighted by molar-refractivity contribution is 6.07. The van der Waals surface area contributed by atoms with Crippen molar-refractivity contribution < 1.29 is 5.82 Å². The summed E-state index contributed by atoms with van der Waals surface area (Å²) in [7, 11) is 0. The summed E-state index contributed by atoms with van der Waals surface area (Å²) in [6.45, 7) is 6.11. The molecule has 20 heavy (non-hydrogen) atoms. The minimum atomic E-state index is -0.311. The van der Waals surface area contributed by atoms with E-state index in [1.807, 2.05) is 19.1 Å². The second kappa shape index (κ2) is 5.87. The van der Waals surface area contributed by atoms with Crippen molar-refractivity contribution in [2.45, 2.75) is 27.2 Å². The summed E-state index contributed by atoms with van der Waals surface area (Å²) in [6, 6.07) is 10.2. The fourth-order valence-corrected chi connectivity index (χ4v) is 2.29. The molecule has 0 atom stereocenters. The molecule has 106 valence electrons. The van der Waals surface area contributed by atoms with Crippen LogP contribution in [0.25, 0.3) is 21.7 Å². The van der Waals surface area contributed by atoms with Gasteiger partial charge >= 0.3 is 0 Å². The molecule has 1 N–H and O–H groups in total. The number of pyridine rings is 1. The summed E-state index contributed by atoms with van der Waals surface area (Å²) >= 11 is 0. The molecule has 0 spiro atoms. The van der Waals surface area contributed by atoms with Gasteiger partial charge in [0.2, 0.25) is 5.56 Å². The summed E-state index contributed by atoms with van der Waals surface area (Å²) in [5.74, 6) is -0.311. The van der Waals surface area contributed by atoms with Crippen molar-refractivity contribution in [2.75, 3.05) is 0 Å². The van der Waals surface area contributed by atoms with Gasteiger partial charge in [-0.2, -0.15) is 0 Å². The van der Waals surface area contributed by atoms with Gasteiger partial charge in [-0.15, -0.1) is 0 Å². The van der Waals surface area contributed by atoms with E-state index in [0.29, 0.717) is 10.9 Å². The molecule has 0 aliphatic carbocycles. The summed E-state index contributed by atoms with van der Waals surface area (Å²) < 4.78 is 13.9. The van der Waals surface area contributed by atoms with E-state index in [2.05, 4.69) is 18.8 Å². The van der Waals surface area contributed by atoms with Gasteiger partial charge in [-0.3, -0.25) is 4.79 Å². The number of hydrogen-bond donors (Lipinski definition) is 1. The minimum Gasteiger partial charge on any atom is -0.322 e. The van der Waals surface area contributed by atoms with E-state index in [1.165, 1.54) is 18.6 Å². The van der Waals surface area contributed by atoms with E-state index >= 15 is 0 Å². The molecule has 3 heteroatoms. The normalized spacial score (nSPS) is 10.4. The highest BCUT2D eigenvalue weighted by Gasteiger charge is 2.08. The fourth-order valence-electron chi connectivity index (χ4n) is 2.29. The maximum absolute atomic E-state index is 13.9. The molecule has 3 rings (SSSR count). The van der Waals surface area contributed by atoms with E-state index in [1.54, 1.807) is 12.1 Å². The van der Waals surface area contributed by atoms with Crippen molar-refractivity contribution in [1.82, 2.24) is 4.98 Å². The molecule has 0 unspecified atom stereocenters. The van der Waals surface area contributed by atoms with Gasteiger partial charge in [-0.05, 0) is 23.9 Å². The highest BCUT2D eigenvalue weighted by Crippen LogP contribution is 2.27. The first-order valence-electron chi connectivity index (χ1n) is 6.79. The lowest BCUT2D eigenvalue weighted by Gasteiger charge is -2.07. The van der Waals surface area contributed by atoms with Crippen molar-refractivity contribution in [3.8, 4) is 0 Å². The number of aromatic amines is 1. The Balaban J connectivity index is 0.000000510. The third-order valence-corrected chi connectivity index (χ3v) is 2.99. The van der Waals surface area contributed by atoms with Crippen LogP contribution in [0.2, 0.25) is 0 Å². The van der Waals surface area contributed by atoms with E-state index < -0.39 is 0 Å². The van der Waals surface area contributed by atoms with E-state index in [0.717, 1.165) is 16.3 Å². The molecule has 0 aliphatic heterocycles. The van der Waals surface area contributed by atoms with Crippen LogP contribution in [-0.2, 0) is 0 Å². The number of rotatable bonds is 0. The quantitative estimate of drug-likeness (QED) is 0.587. The molecular weight excluding hydrogens is 253 g/mol. The molecule has 0 bridgehead atoms. The molecule has 1 heterocycles. The van der Waals surface area contributed by atoms with Gasteiger partial charge in [-0.1, -0.05) is 44.5 Å². The number of nitrogens with one attached hydrogen (secondary N) is 1. The van der Waals surface area contributed by atoms with Crippen LogP contribution in [0.15, 0.2) is 41.2 Å². The molecule has 0 aliphatic rings. The Morgan fingerprint density at radius 2 is 1.75 bits per heavy atom. The first kappa shape index (κ1) is 14.3. The number of halogens is 1. The zero-order chi connectivity index (χ0) is 14.7. The smallest absolute Gasteiger partial charge is 0.248 e. The second-order valence-electron chi connectivity index (χ2n) is 4.85. The van der Waals surface area contributed by atoms with E-state index in [-0.39, 0.29) is 12.8 Å². The maximum Gasteiger partial charge on any atom is 0.248 e. The van der Waals surface area contributed by atoms with Crippen LogP contribution in [0.4, 0.5) is 4.39 Å². The summed E-state index contributed by atoms with van der Waals surface area (Å²) in [5, 5.41) is 2.31. The minimum absolute atomic E-state index is 0. The largest absolute Gasteiger partial charge is 0.322 e. The van der Waals surface area contributed by atoms with Gasteiger partial charge in [0.05, 0.1) is 5.52 Å². The van der Waals surface area contributed by atoms with E-state index in [9.17, 15) is 9.18 Å². The molecule has 0 saturated heterocycles. The lowest BCUT2D eigenvalue weighted by atomic mass is 10.0. The molecule has 2 nitrogen and oxygen atoms in total. The lowest BCUT2D eigenvalue weighted by molar-refractivity contribution is 0.641. The van der Waals surface area contributed by atoms with Crippen molar-refractivity contribution in [3.05, 3.63) is 58.1 Å². The zero-order valence-electron chi connectivity index (χ0n) is 12.0. The summed E-state index contributed by atoms with van der Waals surface area (Å²) in [6.07, 6.45) is 1.25. The van der Waals surface area contributed by atoms with Crippen LogP contribution in [0.5, 0.6) is 0 Å². The second-order valence-corrected chi connectivity index (χ2v) is 4.85. The Bertz CT molecular complexity index is 811. The highest BCUT2D eigenvalue weighted by atomic mass is 19.1. The Morgan fingerprint density at radius 1 is 1.15 bits per heavy atom. The Labute approximate surface area is 118 Å². The molecule has 3 aromatic rings. The summed E-state index contributed by atoms with van der Waals surface area (Å²) in [5.41, 5.74) is 1.20. The molecular formula is C17H20FNO. The standard InChI is InChI=1S/C14H10FNO.C3H8.H2/c1-8-6-13(17)16-12-7-11(15)9-4-2-3-5-10(9)14(8)12;1-3-2;/h2-7H,1H3,(H,16,17);3H2,1-2H3;1H. The Kier molecular flexibility index (Phi) is 4.18. The monoisotopic (exact) mass is 273 g/mol. The molecule has 0 amide bonds. The van der Waals surface area contributed by atoms with Crippen LogP contribution in [-0.4, -0.2) is 4.98 Å². The number of aryl methyl sites for hydroxylation is 1. The van der Waals surface area contributed by atoms with Crippen molar-refractivity contribution in [1.29, 1.82) is 0 Å². The predicted octanol–water partition coefficient (Wildman–Crippen LogP) is 4.79. The first-order valence-corrected chi connectivity index (χ1v) is 6.79. The molecule has 0 fully saturated rings. The SMILES string of the molecule is CCC.Cc1cc(=O)[nH]c2cc(F)c3ccccc3c12.[HH]. The van der Waals surface area contributed by atoms with Gasteiger partial charge in [0.25, 0.3) is 0 Å². The fraction of sp³-hybridized carbons (Fsp3) is 0.235. The van der Waals surface area contributed by atoms with Gasteiger partial charge in [-0.25, -0.2) is 4.39 Å². The number of fused-ring (bicyclic) bond motifs is 3. The van der Waals surface area contributed by atoms with Gasteiger partial charge in [0, 0.05) is 18.3 Å². The maximum atomic E-state index is 13.9. The van der Waals surface area contributed by atoms with Crippen LogP contribution in [0.1, 0.15) is 27.3 Å². The number of H-pyrrole nitrogens is 1. The van der Waals surface area contributed by atoms with Crippen LogP contribution in [0, 0.1) is 12.7 Å². The molecule has 0 radical (unpaired) electrons. The zero-order valence-corrected chi connectivity index (χ0v) is 12.0. The van der Waals surface area contributed by atoms with Crippen LogP contribution < -0.4 is 5.56 Å². The molecule has 1 aromatic heterocycles. The third kappa shape index (κ3) is 2.57. The third-order valence-electron chi connectivity index (χ3n) is 2.99.